The van der Waals surface area contributed by atoms with Gasteiger partial charge < -0.3 is 5.73 Å². The lowest BCUT2D eigenvalue weighted by molar-refractivity contribution is 0.0961. The molecule has 0 bridgehead atoms. The van der Waals surface area contributed by atoms with Crippen LogP contribution in [-0.2, 0) is 0 Å². The number of carbonyl (C=O) groups is 1. The Bertz CT molecular complexity index is 329. The molecule has 1 aromatic rings. The molecule has 2 nitrogen and oxygen atoms in total. The predicted molar refractivity (Wildman–Crippen MR) is 63.0 cm³/mol. The van der Waals surface area contributed by atoms with Crippen molar-refractivity contribution in [1.82, 2.24) is 0 Å². The number of carbonyl (C=O) groups excluding carboxylic acids is 1. The van der Waals surface area contributed by atoms with Crippen molar-refractivity contribution in [2.45, 2.75) is 26.7 Å². The number of nitrogens with two attached hydrogens (primary N) is 1. The van der Waals surface area contributed by atoms with Crippen LogP contribution < -0.4 is 5.73 Å². The largest absolute Gasteiger partial charge is 0.330 e. The molecular weight excluding hydrogens is 186 g/mol. The highest BCUT2D eigenvalue weighted by molar-refractivity contribution is 5.96. The summed E-state index contributed by atoms with van der Waals surface area (Å²) in [6, 6.07) is 7.73. The van der Waals surface area contributed by atoms with Gasteiger partial charge in [-0.15, -0.1) is 0 Å². The highest BCUT2D eigenvalue weighted by Gasteiger charge is 2.12. The van der Waals surface area contributed by atoms with Gasteiger partial charge in [0.15, 0.2) is 5.78 Å². The van der Waals surface area contributed by atoms with Crippen LogP contribution >= 0.6 is 0 Å². The Morgan fingerprint density at radius 2 is 2.20 bits per heavy atom. The van der Waals surface area contributed by atoms with Crippen LogP contribution in [-0.4, -0.2) is 12.3 Å². The van der Waals surface area contributed by atoms with Crippen molar-refractivity contribution in [3.63, 3.8) is 0 Å². The minimum Gasteiger partial charge on any atom is -0.330 e. The zero-order chi connectivity index (χ0) is 11.3. The standard InChI is InChI=1S/C13H19NO/c1-3-11(9-14)8-13(15)12-6-4-5-10(2)7-12/h4-7,11H,3,8-9,14H2,1-2H3. The van der Waals surface area contributed by atoms with Crippen LogP contribution in [0.2, 0.25) is 0 Å². The lowest BCUT2D eigenvalue weighted by atomic mass is 9.95. The molecule has 0 saturated carbocycles. The minimum atomic E-state index is 0.205. The Labute approximate surface area is 91.5 Å². The maximum atomic E-state index is 11.9. The summed E-state index contributed by atoms with van der Waals surface area (Å²) in [4.78, 5) is 11.9. The number of Topliss-reactive ketones (excluding diaryl/α,β-unsaturated/α-hetero) is 1. The lowest BCUT2D eigenvalue weighted by Crippen LogP contribution is -2.17. The second-order valence-corrected chi connectivity index (χ2v) is 4.01. The van der Waals surface area contributed by atoms with Gasteiger partial charge in [0.05, 0.1) is 0 Å². The van der Waals surface area contributed by atoms with E-state index < -0.39 is 0 Å². The smallest absolute Gasteiger partial charge is 0.163 e. The summed E-state index contributed by atoms with van der Waals surface area (Å²) in [6.45, 7) is 4.66. The fourth-order valence-electron chi connectivity index (χ4n) is 1.59. The van der Waals surface area contributed by atoms with E-state index in [9.17, 15) is 4.79 Å². The molecule has 0 saturated heterocycles. The van der Waals surface area contributed by atoms with Crippen LogP contribution in [0.5, 0.6) is 0 Å². The number of rotatable bonds is 5. The van der Waals surface area contributed by atoms with Crippen LogP contribution in [0.25, 0.3) is 0 Å². The van der Waals surface area contributed by atoms with Gasteiger partial charge in [0.25, 0.3) is 0 Å². The SMILES string of the molecule is CCC(CN)CC(=O)c1cccc(C)c1. The molecule has 0 spiro atoms. The average Bonchev–Trinajstić information content (AvgIpc) is 2.25. The number of hydrogen-bond acceptors (Lipinski definition) is 2. The first-order valence-corrected chi connectivity index (χ1v) is 5.47. The van der Waals surface area contributed by atoms with Gasteiger partial charge in [-0.05, 0) is 25.5 Å². The molecule has 2 heteroatoms. The van der Waals surface area contributed by atoms with Crippen molar-refractivity contribution in [2.24, 2.45) is 11.7 Å². The van der Waals surface area contributed by atoms with Crippen LogP contribution in [0.1, 0.15) is 35.7 Å². The van der Waals surface area contributed by atoms with Crippen molar-refractivity contribution < 1.29 is 4.79 Å². The molecule has 0 aliphatic rings. The zero-order valence-corrected chi connectivity index (χ0v) is 9.49. The van der Waals surface area contributed by atoms with Crippen molar-refractivity contribution in [2.75, 3.05) is 6.54 Å². The maximum absolute atomic E-state index is 11.9. The molecule has 1 rings (SSSR count). The molecular formula is C13H19NO. The minimum absolute atomic E-state index is 0.205. The van der Waals surface area contributed by atoms with Crippen LogP contribution in [0.15, 0.2) is 24.3 Å². The molecule has 0 fully saturated rings. The van der Waals surface area contributed by atoms with Gasteiger partial charge in [0.2, 0.25) is 0 Å². The fraction of sp³-hybridized carbons (Fsp3) is 0.462. The first-order chi connectivity index (χ1) is 7.17. The van der Waals surface area contributed by atoms with Crippen molar-refractivity contribution in [3.05, 3.63) is 35.4 Å². The summed E-state index contributed by atoms with van der Waals surface area (Å²) in [5.41, 5.74) is 7.52. The number of aryl methyl sites for hydroxylation is 1. The number of ketones is 1. The van der Waals surface area contributed by atoms with E-state index in [-0.39, 0.29) is 5.78 Å². The third-order valence-corrected chi connectivity index (χ3v) is 2.72. The van der Waals surface area contributed by atoms with Gasteiger partial charge in [-0.3, -0.25) is 4.79 Å². The summed E-state index contributed by atoms with van der Waals surface area (Å²) >= 11 is 0. The second kappa shape index (κ2) is 5.66. The molecule has 1 atom stereocenters. The van der Waals surface area contributed by atoms with E-state index in [1.807, 2.05) is 31.2 Å². The molecule has 15 heavy (non-hydrogen) atoms. The maximum Gasteiger partial charge on any atom is 0.163 e. The number of hydrogen-bond donors (Lipinski definition) is 1. The second-order valence-electron chi connectivity index (χ2n) is 4.01. The number of benzene rings is 1. The molecule has 82 valence electrons. The molecule has 0 amide bonds. The van der Waals surface area contributed by atoms with Gasteiger partial charge in [0, 0.05) is 12.0 Å². The molecule has 0 radical (unpaired) electrons. The summed E-state index contributed by atoms with van der Waals surface area (Å²) in [5.74, 6) is 0.522. The highest BCUT2D eigenvalue weighted by atomic mass is 16.1. The topological polar surface area (TPSA) is 43.1 Å². The van der Waals surface area contributed by atoms with Crippen molar-refractivity contribution in [1.29, 1.82) is 0 Å². The van der Waals surface area contributed by atoms with E-state index in [0.717, 1.165) is 17.5 Å². The molecule has 0 heterocycles. The van der Waals surface area contributed by atoms with Gasteiger partial charge in [-0.1, -0.05) is 37.1 Å². The Hall–Kier alpha value is -1.15. The summed E-state index contributed by atoms with van der Waals surface area (Å²) in [5, 5.41) is 0. The molecule has 1 unspecified atom stereocenters. The summed E-state index contributed by atoms with van der Waals surface area (Å²) < 4.78 is 0. The Morgan fingerprint density at radius 3 is 2.73 bits per heavy atom. The van der Waals surface area contributed by atoms with Gasteiger partial charge >= 0.3 is 0 Å². The van der Waals surface area contributed by atoms with E-state index in [1.165, 1.54) is 0 Å². The van der Waals surface area contributed by atoms with Crippen molar-refractivity contribution >= 4 is 5.78 Å². The first kappa shape index (κ1) is 11.9. The zero-order valence-electron chi connectivity index (χ0n) is 9.49. The predicted octanol–water partition coefficient (Wildman–Crippen LogP) is 2.55. The Kier molecular flexibility index (Phi) is 4.50. The quantitative estimate of drug-likeness (QED) is 0.751. The molecule has 0 aliphatic heterocycles. The average molecular weight is 205 g/mol. The summed E-state index contributed by atoms with van der Waals surface area (Å²) in [7, 11) is 0. The highest BCUT2D eigenvalue weighted by Crippen LogP contribution is 2.13. The molecule has 2 N–H and O–H groups in total. The summed E-state index contributed by atoms with van der Waals surface area (Å²) in [6.07, 6.45) is 1.53. The molecule has 0 aromatic heterocycles. The van der Waals surface area contributed by atoms with Gasteiger partial charge in [-0.25, -0.2) is 0 Å². The lowest BCUT2D eigenvalue weighted by Gasteiger charge is -2.10. The van der Waals surface area contributed by atoms with E-state index >= 15 is 0 Å². The normalized spacial score (nSPS) is 12.5. The fourth-order valence-corrected chi connectivity index (χ4v) is 1.59. The van der Waals surface area contributed by atoms with Crippen LogP contribution in [0.3, 0.4) is 0 Å². The monoisotopic (exact) mass is 205 g/mol. The van der Waals surface area contributed by atoms with Gasteiger partial charge in [0.1, 0.15) is 0 Å². The van der Waals surface area contributed by atoms with Crippen molar-refractivity contribution in [3.8, 4) is 0 Å². The Morgan fingerprint density at radius 1 is 1.47 bits per heavy atom. The van der Waals surface area contributed by atoms with E-state index in [4.69, 9.17) is 5.73 Å². The third-order valence-electron chi connectivity index (χ3n) is 2.72. The van der Waals surface area contributed by atoms with Gasteiger partial charge in [-0.2, -0.15) is 0 Å². The Balaban J connectivity index is 2.68. The van der Waals surface area contributed by atoms with Crippen LogP contribution in [0.4, 0.5) is 0 Å². The van der Waals surface area contributed by atoms with E-state index in [2.05, 4.69) is 6.92 Å². The van der Waals surface area contributed by atoms with E-state index in [0.29, 0.717) is 18.9 Å². The molecule has 0 aliphatic carbocycles. The van der Waals surface area contributed by atoms with Crippen LogP contribution in [0, 0.1) is 12.8 Å². The first-order valence-electron chi connectivity index (χ1n) is 5.47. The third kappa shape index (κ3) is 3.48. The molecule has 1 aromatic carbocycles. The van der Waals surface area contributed by atoms with E-state index in [1.54, 1.807) is 0 Å².